The van der Waals surface area contributed by atoms with Gasteiger partial charge in [0.05, 0.1) is 10.9 Å². The van der Waals surface area contributed by atoms with Crippen LogP contribution in [0, 0.1) is 5.82 Å². The van der Waals surface area contributed by atoms with Crippen molar-refractivity contribution in [3.05, 3.63) is 28.5 Å². The SMILES string of the molecule is CC(=O)CC1C(=O)Nc2cc(Cl)c(F)cc21. The van der Waals surface area contributed by atoms with Crippen molar-refractivity contribution < 1.29 is 14.0 Å². The van der Waals surface area contributed by atoms with Crippen LogP contribution in [-0.2, 0) is 9.59 Å². The Morgan fingerprint density at radius 1 is 1.56 bits per heavy atom. The molecule has 0 saturated carbocycles. The van der Waals surface area contributed by atoms with E-state index in [1.165, 1.54) is 19.1 Å². The number of hydrogen-bond donors (Lipinski definition) is 1. The molecule has 1 atom stereocenters. The number of nitrogens with one attached hydrogen (secondary N) is 1. The van der Waals surface area contributed by atoms with Gasteiger partial charge >= 0.3 is 0 Å². The number of amides is 1. The maximum atomic E-state index is 13.3. The number of fused-ring (bicyclic) bond motifs is 1. The molecular weight excluding hydrogens is 233 g/mol. The quantitative estimate of drug-likeness (QED) is 0.865. The van der Waals surface area contributed by atoms with Crippen LogP contribution >= 0.6 is 11.6 Å². The number of carbonyl (C=O) groups excluding carboxylic acids is 2. The van der Waals surface area contributed by atoms with E-state index in [0.29, 0.717) is 11.3 Å². The van der Waals surface area contributed by atoms with Crippen molar-refractivity contribution in [2.75, 3.05) is 5.32 Å². The second-order valence-electron chi connectivity index (χ2n) is 3.80. The zero-order chi connectivity index (χ0) is 11.9. The molecule has 1 heterocycles. The fourth-order valence-electron chi connectivity index (χ4n) is 1.81. The van der Waals surface area contributed by atoms with E-state index in [2.05, 4.69) is 5.32 Å². The summed E-state index contributed by atoms with van der Waals surface area (Å²) in [5.41, 5.74) is 0.991. The Hall–Kier alpha value is -1.42. The molecule has 84 valence electrons. The van der Waals surface area contributed by atoms with E-state index in [1.807, 2.05) is 0 Å². The normalized spacial score (nSPS) is 18.2. The summed E-state index contributed by atoms with van der Waals surface area (Å²) in [5, 5.41) is 2.54. The fraction of sp³-hybridized carbons (Fsp3) is 0.273. The minimum absolute atomic E-state index is 0.0393. The highest BCUT2D eigenvalue weighted by Gasteiger charge is 2.32. The predicted molar refractivity (Wildman–Crippen MR) is 58.1 cm³/mol. The minimum atomic E-state index is -0.598. The van der Waals surface area contributed by atoms with Gasteiger partial charge in [0.2, 0.25) is 5.91 Å². The predicted octanol–water partition coefficient (Wildman–Crippen LogP) is 2.49. The van der Waals surface area contributed by atoms with Crippen molar-refractivity contribution in [1.29, 1.82) is 0 Å². The molecule has 1 N–H and O–H groups in total. The van der Waals surface area contributed by atoms with E-state index in [-0.39, 0.29) is 23.1 Å². The molecule has 0 bridgehead atoms. The maximum Gasteiger partial charge on any atom is 0.232 e. The molecule has 1 aliphatic rings. The second kappa shape index (κ2) is 3.87. The second-order valence-corrected chi connectivity index (χ2v) is 4.21. The molecule has 0 spiro atoms. The van der Waals surface area contributed by atoms with Crippen LogP contribution in [0.25, 0.3) is 0 Å². The summed E-state index contributed by atoms with van der Waals surface area (Å²) in [6.45, 7) is 1.40. The first kappa shape index (κ1) is 11.1. The molecule has 16 heavy (non-hydrogen) atoms. The number of rotatable bonds is 2. The highest BCUT2D eigenvalue weighted by atomic mass is 35.5. The Balaban J connectivity index is 2.44. The van der Waals surface area contributed by atoms with Gasteiger partial charge in [0, 0.05) is 12.1 Å². The number of hydrogen-bond acceptors (Lipinski definition) is 2. The van der Waals surface area contributed by atoms with Gasteiger partial charge in [-0.1, -0.05) is 11.6 Å². The first-order valence-electron chi connectivity index (χ1n) is 4.78. The summed E-state index contributed by atoms with van der Waals surface area (Å²) < 4.78 is 13.3. The van der Waals surface area contributed by atoms with Gasteiger partial charge in [-0.25, -0.2) is 4.39 Å². The van der Waals surface area contributed by atoms with Gasteiger partial charge in [-0.05, 0) is 24.6 Å². The monoisotopic (exact) mass is 241 g/mol. The zero-order valence-corrected chi connectivity index (χ0v) is 9.27. The van der Waals surface area contributed by atoms with Crippen LogP contribution < -0.4 is 5.32 Å². The summed E-state index contributed by atoms with van der Waals surface area (Å²) in [7, 11) is 0. The Bertz CT molecular complexity index is 487. The lowest BCUT2D eigenvalue weighted by Gasteiger charge is -2.06. The number of benzene rings is 1. The first-order valence-corrected chi connectivity index (χ1v) is 5.16. The summed E-state index contributed by atoms with van der Waals surface area (Å²) in [4.78, 5) is 22.6. The summed E-state index contributed by atoms with van der Waals surface area (Å²) in [5.74, 6) is -1.57. The zero-order valence-electron chi connectivity index (χ0n) is 8.51. The van der Waals surface area contributed by atoms with Crippen LogP contribution in [0.15, 0.2) is 12.1 Å². The summed E-state index contributed by atoms with van der Waals surface area (Å²) in [6.07, 6.45) is 0.0832. The van der Waals surface area contributed by atoms with Crippen LogP contribution in [0.4, 0.5) is 10.1 Å². The van der Waals surface area contributed by atoms with E-state index < -0.39 is 11.7 Å². The molecule has 1 unspecified atom stereocenters. The van der Waals surface area contributed by atoms with Crippen molar-refractivity contribution in [3.8, 4) is 0 Å². The van der Waals surface area contributed by atoms with Gasteiger partial charge in [0.25, 0.3) is 0 Å². The highest BCUT2D eigenvalue weighted by molar-refractivity contribution is 6.31. The largest absolute Gasteiger partial charge is 0.325 e. The van der Waals surface area contributed by atoms with E-state index in [1.54, 1.807) is 0 Å². The van der Waals surface area contributed by atoms with E-state index in [4.69, 9.17) is 11.6 Å². The molecule has 0 aromatic heterocycles. The minimum Gasteiger partial charge on any atom is -0.325 e. The summed E-state index contributed by atoms with van der Waals surface area (Å²) in [6, 6.07) is 2.58. The van der Waals surface area contributed by atoms with Crippen molar-refractivity contribution in [2.45, 2.75) is 19.3 Å². The standard InChI is InChI=1S/C11H9ClFNO2/c1-5(15)2-7-6-3-9(13)8(12)4-10(6)14-11(7)16/h3-4,7H,2H2,1H3,(H,14,16). The molecule has 1 aromatic carbocycles. The molecule has 1 aromatic rings. The van der Waals surface area contributed by atoms with Gasteiger partial charge in [-0.3, -0.25) is 9.59 Å². The number of Topliss-reactive ketones (excluding diaryl/α,β-unsaturated/α-hetero) is 1. The number of carbonyl (C=O) groups is 2. The lowest BCUT2D eigenvalue weighted by Crippen LogP contribution is -2.14. The number of halogens is 2. The molecule has 3 nitrogen and oxygen atoms in total. The maximum absolute atomic E-state index is 13.3. The third-order valence-electron chi connectivity index (χ3n) is 2.53. The Kier molecular flexibility index (Phi) is 2.68. The number of ketones is 1. The molecule has 1 amide bonds. The van der Waals surface area contributed by atoms with Crippen LogP contribution in [0.2, 0.25) is 5.02 Å². The van der Waals surface area contributed by atoms with Crippen molar-refractivity contribution in [3.63, 3.8) is 0 Å². The van der Waals surface area contributed by atoms with Crippen molar-refractivity contribution in [1.82, 2.24) is 0 Å². The summed E-state index contributed by atoms with van der Waals surface area (Å²) >= 11 is 5.60. The molecule has 0 radical (unpaired) electrons. The van der Waals surface area contributed by atoms with E-state index in [0.717, 1.165) is 0 Å². The van der Waals surface area contributed by atoms with Gasteiger partial charge in [0.15, 0.2) is 0 Å². The topological polar surface area (TPSA) is 46.2 Å². The smallest absolute Gasteiger partial charge is 0.232 e. The van der Waals surface area contributed by atoms with Gasteiger partial charge < -0.3 is 5.32 Å². The molecule has 0 fully saturated rings. The van der Waals surface area contributed by atoms with Gasteiger partial charge in [0.1, 0.15) is 11.6 Å². The van der Waals surface area contributed by atoms with Crippen LogP contribution in [0.3, 0.4) is 0 Å². The Morgan fingerprint density at radius 2 is 2.25 bits per heavy atom. The van der Waals surface area contributed by atoms with E-state index >= 15 is 0 Å². The highest BCUT2D eigenvalue weighted by Crippen LogP contribution is 2.37. The van der Waals surface area contributed by atoms with Gasteiger partial charge in [-0.2, -0.15) is 0 Å². The average molecular weight is 242 g/mol. The Morgan fingerprint density at radius 3 is 2.88 bits per heavy atom. The molecule has 2 rings (SSSR count). The van der Waals surface area contributed by atoms with Crippen LogP contribution in [-0.4, -0.2) is 11.7 Å². The molecule has 1 aliphatic heterocycles. The van der Waals surface area contributed by atoms with Crippen LogP contribution in [0.1, 0.15) is 24.8 Å². The number of anilines is 1. The van der Waals surface area contributed by atoms with Crippen molar-refractivity contribution >= 4 is 29.0 Å². The molecular formula is C11H9ClFNO2. The van der Waals surface area contributed by atoms with Crippen LogP contribution in [0.5, 0.6) is 0 Å². The third kappa shape index (κ3) is 1.80. The van der Waals surface area contributed by atoms with Gasteiger partial charge in [-0.15, -0.1) is 0 Å². The first-order chi connectivity index (χ1) is 7.49. The fourth-order valence-corrected chi connectivity index (χ4v) is 1.97. The third-order valence-corrected chi connectivity index (χ3v) is 2.82. The lowest BCUT2D eigenvalue weighted by molar-refractivity contribution is -0.122. The van der Waals surface area contributed by atoms with Crippen molar-refractivity contribution in [2.24, 2.45) is 0 Å². The molecule has 5 heteroatoms. The van der Waals surface area contributed by atoms with E-state index in [9.17, 15) is 14.0 Å². The Labute approximate surface area is 96.6 Å². The molecule has 0 saturated heterocycles. The average Bonchev–Trinajstić information content (AvgIpc) is 2.45. The molecule has 0 aliphatic carbocycles. The lowest BCUT2D eigenvalue weighted by atomic mass is 9.95.